The molecule has 3 heteroatoms. The summed E-state index contributed by atoms with van der Waals surface area (Å²) in [5.41, 5.74) is 3.50. The van der Waals surface area contributed by atoms with E-state index in [2.05, 4.69) is 16.4 Å². The Morgan fingerprint density at radius 3 is 2.74 bits per heavy atom. The maximum atomic E-state index is 8.88. The van der Waals surface area contributed by atoms with Gasteiger partial charge in [-0.1, -0.05) is 12.1 Å². The predicted molar refractivity (Wildman–Crippen MR) is 76.2 cm³/mol. The quantitative estimate of drug-likeness (QED) is 0.746. The van der Waals surface area contributed by atoms with Crippen molar-refractivity contribution in [1.82, 2.24) is 4.98 Å². The van der Waals surface area contributed by atoms with Crippen molar-refractivity contribution in [2.75, 3.05) is 5.32 Å². The van der Waals surface area contributed by atoms with Crippen LogP contribution in [0.3, 0.4) is 0 Å². The Labute approximate surface area is 111 Å². The second kappa shape index (κ2) is 4.79. The van der Waals surface area contributed by atoms with Gasteiger partial charge in [-0.2, -0.15) is 5.26 Å². The van der Waals surface area contributed by atoms with Gasteiger partial charge in [-0.05, 0) is 42.5 Å². The van der Waals surface area contributed by atoms with Gasteiger partial charge in [0.25, 0.3) is 0 Å². The van der Waals surface area contributed by atoms with Gasteiger partial charge in [0, 0.05) is 23.0 Å². The van der Waals surface area contributed by atoms with Crippen LogP contribution in [0, 0.1) is 11.3 Å². The van der Waals surface area contributed by atoms with Gasteiger partial charge in [-0.15, -0.1) is 0 Å². The minimum absolute atomic E-state index is 0.646. The monoisotopic (exact) mass is 245 g/mol. The van der Waals surface area contributed by atoms with Gasteiger partial charge in [0.1, 0.15) is 0 Å². The van der Waals surface area contributed by atoms with E-state index in [1.165, 1.54) is 0 Å². The van der Waals surface area contributed by atoms with Crippen LogP contribution in [0.2, 0.25) is 0 Å². The van der Waals surface area contributed by atoms with Crippen molar-refractivity contribution in [2.24, 2.45) is 0 Å². The first-order valence-corrected chi connectivity index (χ1v) is 5.97. The van der Waals surface area contributed by atoms with Crippen molar-refractivity contribution in [3.05, 3.63) is 66.4 Å². The van der Waals surface area contributed by atoms with Crippen molar-refractivity contribution < 1.29 is 0 Å². The highest BCUT2D eigenvalue weighted by Crippen LogP contribution is 2.21. The van der Waals surface area contributed by atoms with E-state index in [0.717, 1.165) is 22.3 Å². The number of fused-ring (bicyclic) bond motifs is 1. The molecule has 19 heavy (non-hydrogen) atoms. The molecule has 0 aliphatic carbocycles. The number of nitrogens with one attached hydrogen (secondary N) is 1. The average Bonchev–Trinajstić information content (AvgIpc) is 2.47. The number of hydrogen-bond acceptors (Lipinski definition) is 3. The fourth-order valence-corrected chi connectivity index (χ4v) is 1.99. The SMILES string of the molecule is N#Cc1cccc(Nc2ccc3ncccc3c2)c1. The summed E-state index contributed by atoms with van der Waals surface area (Å²) in [6, 6.07) is 19.5. The van der Waals surface area contributed by atoms with Crippen molar-refractivity contribution in [2.45, 2.75) is 0 Å². The zero-order valence-electron chi connectivity index (χ0n) is 10.2. The molecule has 0 saturated heterocycles. The van der Waals surface area contributed by atoms with E-state index < -0.39 is 0 Å². The van der Waals surface area contributed by atoms with E-state index >= 15 is 0 Å². The Bertz CT molecular complexity index is 772. The fraction of sp³-hybridized carbons (Fsp3) is 0. The van der Waals surface area contributed by atoms with Crippen LogP contribution in [0.5, 0.6) is 0 Å². The number of anilines is 2. The number of nitriles is 1. The average molecular weight is 245 g/mol. The summed E-state index contributed by atoms with van der Waals surface area (Å²) < 4.78 is 0. The molecule has 0 aliphatic rings. The van der Waals surface area contributed by atoms with Crippen molar-refractivity contribution in [3.8, 4) is 6.07 Å². The molecule has 1 aromatic heterocycles. The molecule has 3 aromatic rings. The van der Waals surface area contributed by atoms with E-state index in [4.69, 9.17) is 5.26 Å². The summed E-state index contributed by atoms with van der Waals surface area (Å²) in [6.45, 7) is 0. The standard InChI is InChI=1S/C16H11N3/c17-11-12-3-1-5-14(9-12)19-15-6-7-16-13(10-15)4-2-8-18-16/h1-10,19H. The van der Waals surface area contributed by atoms with Crippen LogP contribution >= 0.6 is 0 Å². The molecule has 0 atom stereocenters. The lowest BCUT2D eigenvalue weighted by Gasteiger charge is -2.07. The molecule has 0 saturated carbocycles. The second-order valence-electron chi connectivity index (χ2n) is 4.23. The largest absolute Gasteiger partial charge is 0.355 e. The highest BCUT2D eigenvalue weighted by atomic mass is 14.9. The van der Waals surface area contributed by atoms with Crippen LogP contribution in [0.15, 0.2) is 60.8 Å². The summed E-state index contributed by atoms with van der Waals surface area (Å²) in [6.07, 6.45) is 1.78. The molecule has 1 N–H and O–H groups in total. The second-order valence-corrected chi connectivity index (χ2v) is 4.23. The van der Waals surface area contributed by atoms with Gasteiger partial charge < -0.3 is 5.32 Å². The van der Waals surface area contributed by atoms with E-state index in [9.17, 15) is 0 Å². The Balaban J connectivity index is 1.94. The van der Waals surface area contributed by atoms with Gasteiger partial charge in [-0.3, -0.25) is 4.98 Å². The van der Waals surface area contributed by atoms with Gasteiger partial charge in [0.15, 0.2) is 0 Å². The van der Waals surface area contributed by atoms with Crippen LogP contribution in [-0.4, -0.2) is 4.98 Å². The number of benzene rings is 2. The molecule has 0 fully saturated rings. The first kappa shape index (κ1) is 11.2. The number of nitrogens with zero attached hydrogens (tertiary/aromatic N) is 2. The lowest BCUT2D eigenvalue weighted by molar-refractivity contribution is 1.41. The molecule has 2 aromatic carbocycles. The molecule has 0 spiro atoms. The molecule has 3 rings (SSSR count). The molecular formula is C16H11N3. The highest BCUT2D eigenvalue weighted by molar-refractivity contribution is 5.83. The zero-order valence-corrected chi connectivity index (χ0v) is 10.2. The van der Waals surface area contributed by atoms with Crippen molar-refractivity contribution in [3.63, 3.8) is 0 Å². The summed E-state index contributed by atoms with van der Waals surface area (Å²) in [7, 11) is 0. The summed E-state index contributed by atoms with van der Waals surface area (Å²) in [4.78, 5) is 4.29. The lowest BCUT2D eigenvalue weighted by atomic mass is 10.2. The first-order valence-electron chi connectivity index (χ1n) is 5.97. The third-order valence-corrected chi connectivity index (χ3v) is 2.88. The Morgan fingerprint density at radius 1 is 0.947 bits per heavy atom. The minimum atomic E-state index is 0.646. The molecular weight excluding hydrogens is 234 g/mol. The van der Waals surface area contributed by atoms with Gasteiger partial charge in [-0.25, -0.2) is 0 Å². The first-order chi connectivity index (χ1) is 9.35. The molecule has 0 bridgehead atoms. The van der Waals surface area contributed by atoms with E-state index in [-0.39, 0.29) is 0 Å². The summed E-state index contributed by atoms with van der Waals surface area (Å²) >= 11 is 0. The van der Waals surface area contributed by atoms with Gasteiger partial charge >= 0.3 is 0 Å². The molecule has 0 radical (unpaired) electrons. The van der Waals surface area contributed by atoms with E-state index in [0.29, 0.717) is 5.56 Å². The molecule has 3 nitrogen and oxygen atoms in total. The third kappa shape index (κ3) is 2.38. The van der Waals surface area contributed by atoms with Gasteiger partial charge in [0.05, 0.1) is 17.1 Å². The highest BCUT2D eigenvalue weighted by Gasteiger charge is 1.99. The molecule has 1 heterocycles. The molecule has 0 unspecified atom stereocenters. The molecule has 0 amide bonds. The Hall–Kier alpha value is -2.86. The molecule has 90 valence electrons. The van der Waals surface area contributed by atoms with Crippen LogP contribution in [0.4, 0.5) is 11.4 Å². The third-order valence-electron chi connectivity index (χ3n) is 2.88. The number of pyridine rings is 1. The van der Waals surface area contributed by atoms with E-state index in [1.807, 2.05) is 48.5 Å². The van der Waals surface area contributed by atoms with Crippen LogP contribution in [0.1, 0.15) is 5.56 Å². The topological polar surface area (TPSA) is 48.7 Å². The summed E-state index contributed by atoms with van der Waals surface area (Å²) in [5, 5.41) is 13.3. The van der Waals surface area contributed by atoms with Crippen molar-refractivity contribution in [1.29, 1.82) is 5.26 Å². The number of hydrogen-bond donors (Lipinski definition) is 1. The minimum Gasteiger partial charge on any atom is -0.355 e. The van der Waals surface area contributed by atoms with Gasteiger partial charge in [0.2, 0.25) is 0 Å². The Morgan fingerprint density at radius 2 is 1.84 bits per heavy atom. The maximum absolute atomic E-state index is 8.88. The lowest BCUT2D eigenvalue weighted by Crippen LogP contribution is -1.91. The number of rotatable bonds is 2. The normalized spacial score (nSPS) is 10.1. The smallest absolute Gasteiger partial charge is 0.0992 e. The zero-order chi connectivity index (χ0) is 13.1. The van der Waals surface area contributed by atoms with Crippen LogP contribution in [-0.2, 0) is 0 Å². The van der Waals surface area contributed by atoms with Crippen LogP contribution in [0.25, 0.3) is 10.9 Å². The Kier molecular flexibility index (Phi) is 2.83. The van der Waals surface area contributed by atoms with E-state index in [1.54, 1.807) is 12.3 Å². The predicted octanol–water partition coefficient (Wildman–Crippen LogP) is 3.85. The summed E-state index contributed by atoms with van der Waals surface area (Å²) in [5.74, 6) is 0. The fourth-order valence-electron chi connectivity index (χ4n) is 1.99. The number of aromatic nitrogens is 1. The van der Waals surface area contributed by atoms with Crippen LogP contribution < -0.4 is 5.32 Å². The molecule has 0 aliphatic heterocycles. The van der Waals surface area contributed by atoms with Crippen molar-refractivity contribution >= 4 is 22.3 Å². The maximum Gasteiger partial charge on any atom is 0.0992 e.